The topological polar surface area (TPSA) is 43.2 Å². The van der Waals surface area contributed by atoms with Crippen molar-refractivity contribution in [2.45, 2.75) is 13.1 Å². The number of nitrogens with one attached hydrogen (secondary N) is 1. The SMILES string of the molecule is CC1N=C(N(C)C)NC(N(C)c2ccccc2)=N1. The summed E-state index contributed by atoms with van der Waals surface area (Å²) in [5, 5.41) is 3.23. The van der Waals surface area contributed by atoms with Crippen molar-refractivity contribution in [1.29, 1.82) is 0 Å². The third-order valence-corrected chi connectivity index (χ3v) is 2.73. The zero-order valence-electron chi connectivity index (χ0n) is 11.3. The quantitative estimate of drug-likeness (QED) is 0.812. The second-order valence-electron chi connectivity index (χ2n) is 4.45. The number of anilines is 1. The summed E-state index contributed by atoms with van der Waals surface area (Å²) in [4.78, 5) is 12.9. The van der Waals surface area contributed by atoms with Crippen LogP contribution in [-0.2, 0) is 0 Å². The third kappa shape index (κ3) is 2.61. The molecular formula is C13H19N5. The smallest absolute Gasteiger partial charge is 0.207 e. The van der Waals surface area contributed by atoms with E-state index in [9.17, 15) is 0 Å². The standard InChI is InChI=1S/C13H19N5/c1-10-14-12(17(2)3)16-13(15-10)18(4)11-8-6-5-7-9-11/h5-10H,1-4H3,(H,14,15,16). The largest absolute Gasteiger partial charge is 0.349 e. The number of para-hydroxylation sites is 1. The monoisotopic (exact) mass is 245 g/mol. The van der Waals surface area contributed by atoms with Gasteiger partial charge in [0, 0.05) is 26.8 Å². The lowest BCUT2D eigenvalue weighted by molar-refractivity contribution is 0.581. The summed E-state index contributed by atoms with van der Waals surface area (Å²) in [6.45, 7) is 1.98. The molecule has 0 amide bonds. The molecule has 0 radical (unpaired) electrons. The van der Waals surface area contributed by atoms with Crippen LogP contribution in [0.3, 0.4) is 0 Å². The van der Waals surface area contributed by atoms with Crippen LogP contribution < -0.4 is 10.2 Å². The summed E-state index contributed by atoms with van der Waals surface area (Å²) >= 11 is 0. The number of benzene rings is 1. The molecule has 5 nitrogen and oxygen atoms in total. The van der Waals surface area contributed by atoms with Crippen LogP contribution in [0.1, 0.15) is 6.92 Å². The Kier molecular flexibility index (Phi) is 3.50. The Morgan fingerprint density at radius 3 is 2.22 bits per heavy atom. The Morgan fingerprint density at radius 1 is 1.00 bits per heavy atom. The van der Waals surface area contributed by atoms with Crippen molar-refractivity contribution in [1.82, 2.24) is 10.2 Å². The minimum absolute atomic E-state index is 0.0650. The summed E-state index contributed by atoms with van der Waals surface area (Å²) in [6.07, 6.45) is -0.0650. The Labute approximate surface area is 108 Å². The highest BCUT2D eigenvalue weighted by Crippen LogP contribution is 2.13. The molecule has 1 aliphatic heterocycles. The second-order valence-corrected chi connectivity index (χ2v) is 4.45. The molecule has 96 valence electrons. The zero-order chi connectivity index (χ0) is 13.1. The fourth-order valence-corrected chi connectivity index (χ4v) is 1.72. The van der Waals surface area contributed by atoms with Crippen LogP contribution in [-0.4, -0.2) is 44.1 Å². The number of rotatable bonds is 1. The Balaban J connectivity index is 2.20. The van der Waals surface area contributed by atoms with Gasteiger partial charge in [-0.15, -0.1) is 0 Å². The zero-order valence-corrected chi connectivity index (χ0v) is 11.3. The highest BCUT2D eigenvalue weighted by Gasteiger charge is 2.18. The molecule has 0 saturated carbocycles. The molecule has 0 aromatic heterocycles. The van der Waals surface area contributed by atoms with Crippen LogP contribution in [0.4, 0.5) is 5.69 Å². The van der Waals surface area contributed by atoms with Gasteiger partial charge in [0.1, 0.15) is 6.17 Å². The van der Waals surface area contributed by atoms with Gasteiger partial charge in [-0.3, -0.25) is 5.32 Å². The number of nitrogens with zero attached hydrogens (tertiary/aromatic N) is 4. The Morgan fingerprint density at radius 2 is 1.61 bits per heavy atom. The van der Waals surface area contributed by atoms with Crippen molar-refractivity contribution < 1.29 is 0 Å². The first-order chi connectivity index (χ1) is 8.58. The van der Waals surface area contributed by atoms with Crippen LogP contribution in [0.2, 0.25) is 0 Å². The van der Waals surface area contributed by atoms with E-state index < -0.39 is 0 Å². The van der Waals surface area contributed by atoms with Crippen LogP contribution in [0, 0.1) is 0 Å². The summed E-state index contributed by atoms with van der Waals surface area (Å²) in [7, 11) is 5.92. The van der Waals surface area contributed by atoms with Gasteiger partial charge in [-0.25, -0.2) is 9.98 Å². The lowest BCUT2D eigenvalue weighted by Gasteiger charge is -2.29. The van der Waals surface area contributed by atoms with Crippen molar-refractivity contribution in [2.75, 3.05) is 26.0 Å². The molecule has 0 aliphatic carbocycles. The predicted molar refractivity (Wildman–Crippen MR) is 76.0 cm³/mol. The maximum atomic E-state index is 4.51. The van der Waals surface area contributed by atoms with E-state index in [-0.39, 0.29) is 6.17 Å². The van der Waals surface area contributed by atoms with E-state index in [0.29, 0.717) is 0 Å². The van der Waals surface area contributed by atoms with Crippen molar-refractivity contribution in [3.8, 4) is 0 Å². The molecule has 5 heteroatoms. The van der Waals surface area contributed by atoms with E-state index in [1.54, 1.807) is 0 Å². The summed E-state index contributed by atoms with van der Waals surface area (Å²) in [5.74, 6) is 1.64. The van der Waals surface area contributed by atoms with E-state index in [1.807, 2.05) is 56.1 Å². The molecule has 1 N–H and O–H groups in total. The number of guanidine groups is 2. The van der Waals surface area contributed by atoms with Gasteiger partial charge in [-0.05, 0) is 19.1 Å². The molecule has 1 aromatic carbocycles. The first-order valence-electron chi connectivity index (χ1n) is 5.96. The molecular weight excluding hydrogens is 226 g/mol. The molecule has 1 unspecified atom stereocenters. The van der Waals surface area contributed by atoms with E-state index in [0.717, 1.165) is 17.6 Å². The Bertz CT molecular complexity index is 464. The predicted octanol–water partition coefficient (Wildman–Crippen LogP) is 1.35. The molecule has 0 spiro atoms. The first-order valence-corrected chi connectivity index (χ1v) is 5.96. The highest BCUT2D eigenvalue weighted by atomic mass is 15.4. The molecule has 2 rings (SSSR count). The average molecular weight is 245 g/mol. The van der Waals surface area contributed by atoms with E-state index in [2.05, 4.69) is 27.4 Å². The maximum Gasteiger partial charge on any atom is 0.207 e. The van der Waals surface area contributed by atoms with Gasteiger partial charge in [0.25, 0.3) is 0 Å². The lowest BCUT2D eigenvalue weighted by atomic mass is 10.3. The molecule has 0 saturated heterocycles. The first kappa shape index (κ1) is 12.4. The fourth-order valence-electron chi connectivity index (χ4n) is 1.72. The Hall–Kier alpha value is -2.04. The van der Waals surface area contributed by atoms with Crippen molar-refractivity contribution >= 4 is 17.6 Å². The molecule has 1 atom stereocenters. The van der Waals surface area contributed by atoms with Gasteiger partial charge in [-0.1, -0.05) is 18.2 Å². The van der Waals surface area contributed by atoms with Crippen LogP contribution >= 0.6 is 0 Å². The molecule has 1 aliphatic rings. The van der Waals surface area contributed by atoms with Crippen molar-refractivity contribution in [3.05, 3.63) is 30.3 Å². The van der Waals surface area contributed by atoms with Gasteiger partial charge in [0.2, 0.25) is 11.9 Å². The summed E-state index contributed by atoms with van der Waals surface area (Å²) in [5.41, 5.74) is 1.09. The van der Waals surface area contributed by atoms with E-state index >= 15 is 0 Å². The van der Waals surface area contributed by atoms with Gasteiger partial charge in [0.05, 0.1) is 0 Å². The number of hydrogen-bond donors (Lipinski definition) is 1. The van der Waals surface area contributed by atoms with E-state index in [4.69, 9.17) is 0 Å². The van der Waals surface area contributed by atoms with Crippen LogP contribution in [0.5, 0.6) is 0 Å². The minimum Gasteiger partial charge on any atom is -0.349 e. The normalized spacial score (nSPS) is 18.6. The molecule has 1 heterocycles. The second kappa shape index (κ2) is 5.08. The van der Waals surface area contributed by atoms with Gasteiger partial charge in [0.15, 0.2) is 0 Å². The van der Waals surface area contributed by atoms with Crippen LogP contribution in [0.25, 0.3) is 0 Å². The van der Waals surface area contributed by atoms with Crippen molar-refractivity contribution in [3.63, 3.8) is 0 Å². The highest BCUT2D eigenvalue weighted by molar-refractivity contribution is 6.07. The minimum atomic E-state index is -0.0650. The molecule has 18 heavy (non-hydrogen) atoms. The summed E-state index contributed by atoms with van der Waals surface area (Å²) < 4.78 is 0. The molecule has 1 aromatic rings. The molecule has 0 fully saturated rings. The summed E-state index contributed by atoms with van der Waals surface area (Å²) in [6, 6.07) is 10.1. The van der Waals surface area contributed by atoms with E-state index in [1.165, 1.54) is 0 Å². The average Bonchev–Trinajstić information content (AvgIpc) is 2.38. The number of hydrogen-bond acceptors (Lipinski definition) is 5. The van der Waals surface area contributed by atoms with Gasteiger partial charge < -0.3 is 9.80 Å². The fraction of sp³-hybridized carbons (Fsp3) is 0.385. The maximum absolute atomic E-state index is 4.51. The third-order valence-electron chi connectivity index (χ3n) is 2.73. The van der Waals surface area contributed by atoms with Gasteiger partial charge in [-0.2, -0.15) is 0 Å². The lowest BCUT2D eigenvalue weighted by Crippen LogP contribution is -2.50. The van der Waals surface area contributed by atoms with Crippen molar-refractivity contribution in [2.24, 2.45) is 9.98 Å². The molecule has 0 bridgehead atoms. The van der Waals surface area contributed by atoms with Crippen LogP contribution in [0.15, 0.2) is 40.3 Å². The number of aliphatic imine (C=N–C) groups is 2. The van der Waals surface area contributed by atoms with Gasteiger partial charge >= 0.3 is 0 Å².